The highest BCUT2D eigenvalue weighted by Gasteiger charge is 2.49. The van der Waals surface area contributed by atoms with Gasteiger partial charge in [-0.15, -0.1) is 0 Å². The van der Waals surface area contributed by atoms with Crippen LogP contribution in [0.25, 0.3) is 32.2 Å². The Morgan fingerprint density at radius 1 is 1.16 bits per heavy atom. The summed E-state index contributed by atoms with van der Waals surface area (Å²) in [6, 6.07) is 2.35. The summed E-state index contributed by atoms with van der Waals surface area (Å²) < 4.78 is 101. The molecule has 2 saturated heterocycles. The first-order valence-electron chi connectivity index (χ1n) is 14.2. The summed E-state index contributed by atoms with van der Waals surface area (Å²) in [5.74, 6) is -2.06. The van der Waals surface area contributed by atoms with E-state index in [-0.39, 0.29) is 63.3 Å². The molecule has 4 aromatic rings. The van der Waals surface area contributed by atoms with E-state index >= 15 is 4.39 Å². The fraction of sp³-hybridized carbons (Fsp3) is 0.483. The average Bonchev–Trinajstić information content (AvgIpc) is 3.61. The molecule has 3 fully saturated rings. The average molecular weight is 639 g/mol. The Bertz CT molecular complexity index is 1760. The molecule has 3 N–H and O–H groups in total. The van der Waals surface area contributed by atoms with Crippen LogP contribution in [0.4, 0.5) is 37.3 Å². The number of aromatic nitrogens is 3. The molecule has 8 nitrogen and oxygen atoms in total. The van der Waals surface area contributed by atoms with Crippen molar-refractivity contribution >= 4 is 43.4 Å². The van der Waals surface area contributed by atoms with Crippen LogP contribution in [0, 0.1) is 11.6 Å². The molecule has 0 bridgehead atoms. The van der Waals surface area contributed by atoms with Crippen LogP contribution < -0.4 is 15.8 Å². The number of hydrogen-bond acceptors (Lipinski definition) is 9. The molecular weight excluding hydrogens is 610 g/mol. The van der Waals surface area contributed by atoms with E-state index in [4.69, 9.17) is 15.2 Å². The number of methoxy groups -OCH3 is 1. The second-order valence-corrected chi connectivity index (χ2v) is 12.8. The number of benzene rings is 2. The molecule has 2 atom stereocenters. The van der Waals surface area contributed by atoms with Gasteiger partial charge >= 0.3 is 12.2 Å². The number of alkyl halides is 4. The van der Waals surface area contributed by atoms with Gasteiger partial charge in [0.1, 0.15) is 29.9 Å². The van der Waals surface area contributed by atoms with Gasteiger partial charge in [0.2, 0.25) is 0 Å². The Labute approximate surface area is 251 Å². The van der Waals surface area contributed by atoms with E-state index < -0.39 is 46.2 Å². The molecule has 1 saturated carbocycles. The standard InChI is InChI=1S/C29H28F6N6O2S/c1-42-15-7-14(8-15)37-25-17-9-18(29(33,34)35)20(16-3-4-19(31)24-23(16)38-26(36)44-24)21(32)22(17)39-27(40-25)43-12-28-5-2-6-41(28)11-13(30)10-28/h3-4,9,13-15H,2,5-8,10-12H2,1H3,(H2,36,38)(H,37,39,40)/t13-,14-,15-,28+/m1/s1. The Balaban J connectivity index is 1.38. The molecule has 15 heteroatoms. The van der Waals surface area contributed by atoms with Gasteiger partial charge in [-0.25, -0.2) is 18.2 Å². The van der Waals surface area contributed by atoms with Crippen LogP contribution in [0.1, 0.15) is 37.7 Å². The predicted molar refractivity (Wildman–Crippen MR) is 153 cm³/mol. The van der Waals surface area contributed by atoms with E-state index in [2.05, 4.69) is 20.3 Å². The lowest BCUT2D eigenvalue weighted by Crippen LogP contribution is -2.43. The first-order valence-corrected chi connectivity index (χ1v) is 15.0. The third-order valence-corrected chi connectivity index (χ3v) is 9.89. The fourth-order valence-corrected chi connectivity index (χ4v) is 7.54. The summed E-state index contributed by atoms with van der Waals surface area (Å²) in [4.78, 5) is 14.7. The van der Waals surface area contributed by atoms with Gasteiger partial charge in [0.05, 0.1) is 27.4 Å². The number of nitrogens with zero attached hydrogens (tertiary/aromatic N) is 4. The molecular formula is C29H28F6N6O2S. The van der Waals surface area contributed by atoms with Gasteiger partial charge in [-0.2, -0.15) is 23.1 Å². The maximum atomic E-state index is 16.6. The van der Waals surface area contributed by atoms with Crippen molar-refractivity contribution in [3.05, 3.63) is 35.4 Å². The second kappa shape index (κ2) is 10.6. The van der Waals surface area contributed by atoms with Gasteiger partial charge in [-0.3, -0.25) is 4.90 Å². The molecule has 0 radical (unpaired) electrons. The summed E-state index contributed by atoms with van der Waals surface area (Å²) in [5.41, 5.74) is 2.18. The van der Waals surface area contributed by atoms with E-state index in [1.54, 1.807) is 7.11 Å². The summed E-state index contributed by atoms with van der Waals surface area (Å²) in [7, 11) is 1.57. The fourth-order valence-electron chi connectivity index (χ4n) is 6.78. The van der Waals surface area contributed by atoms with Gasteiger partial charge in [0.25, 0.3) is 0 Å². The van der Waals surface area contributed by atoms with E-state index in [1.807, 2.05) is 4.90 Å². The molecule has 44 heavy (non-hydrogen) atoms. The first-order chi connectivity index (χ1) is 21.0. The number of anilines is 2. The zero-order chi connectivity index (χ0) is 31.0. The molecule has 234 valence electrons. The van der Waals surface area contributed by atoms with E-state index in [1.165, 1.54) is 0 Å². The van der Waals surface area contributed by atoms with Crippen LogP contribution >= 0.6 is 11.3 Å². The predicted octanol–water partition coefficient (Wildman–Crippen LogP) is 6.33. The van der Waals surface area contributed by atoms with Crippen molar-refractivity contribution in [1.82, 2.24) is 19.9 Å². The highest BCUT2D eigenvalue weighted by Crippen LogP contribution is 2.46. The number of rotatable bonds is 7. The lowest BCUT2D eigenvalue weighted by Gasteiger charge is -2.35. The van der Waals surface area contributed by atoms with E-state index in [0.29, 0.717) is 25.8 Å². The smallest absolute Gasteiger partial charge is 0.417 e. The van der Waals surface area contributed by atoms with Gasteiger partial charge in [-0.1, -0.05) is 11.3 Å². The SMILES string of the molecule is CO[C@H]1C[C@H](Nc2nc(OC[C@@]34CCCN3C[C@H](F)C4)nc3c(F)c(-c4ccc(F)c5sc(N)nc45)c(C(F)(F)F)cc23)C1. The van der Waals surface area contributed by atoms with Crippen LogP contribution in [0.3, 0.4) is 0 Å². The molecule has 1 aliphatic carbocycles. The summed E-state index contributed by atoms with van der Waals surface area (Å²) >= 11 is 0.750. The lowest BCUT2D eigenvalue weighted by molar-refractivity contribution is -0.137. The largest absolute Gasteiger partial charge is 0.461 e. The molecule has 7 rings (SSSR count). The van der Waals surface area contributed by atoms with Gasteiger partial charge in [0, 0.05) is 42.6 Å². The minimum absolute atomic E-state index is 0.0275. The number of nitrogens with one attached hydrogen (secondary N) is 1. The maximum absolute atomic E-state index is 16.6. The molecule has 0 unspecified atom stereocenters. The topological polar surface area (TPSA) is 98.4 Å². The van der Waals surface area contributed by atoms with Gasteiger partial charge in [-0.05, 0) is 50.4 Å². The number of nitrogens with two attached hydrogens (primary N) is 1. The summed E-state index contributed by atoms with van der Waals surface area (Å²) in [6.07, 6.45) is -3.05. The molecule has 4 heterocycles. The van der Waals surface area contributed by atoms with E-state index in [9.17, 15) is 22.0 Å². The number of ether oxygens (including phenoxy) is 2. The summed E-state index contributed by atoms with van der Waals surface area (Å²) in [6.45, 7) is 1.06. The normalized spacial score (nSPS) is 25.5. The number of fused-ring (bicyclic) bond motifs is 3. The Hall–Kier alpha value is -3.43. The number of hydrogen-bond donors (Lipinski definition) is 2. The monoisotopic (exact) mass is 638 g/mol. The van der Waals surface area contributed by atoms with Crippen molar-refractivity contribution in [2.24, 2.45) is 0 Å². The van der Waals surface area contributed by atoms with Crippen molar-refractivity contribution in [2.45, 2.75) is 62.1 Å². The quantitative estimate of drug-likeness (QED) is 0.227. The molecule has 2 aliphatic heterocycles. The number of thiazole rings is 1. The number of halogens is 6. The minimum Gasteiger partial charge on any atom is -0.461 e. The second-order valence-electron chi connectivity index (χ2n) is 11.7. The molecule has 2 aromatic carbocycles. The van der Waals surface area contributed by atoms with E-state index in [0.717, 1.165) is 42.5 Å². The lowest BCUT2D eigenvalue weighted by atomic mass is 9.89. The van der Waals surface area contributed by atoms with Gasteiger partial charge in [0.15, 0.2) is 10.9 Å². The Morgan fingerprint density at radius 2 is 1.95 bits per heavy atom. The summed E-state index contributed by atoms with van der Waals surface area (Å²) in [5, 5.41) is 2.84. The van der Waals surface area contributed by atoms with Crippen molar-refractivity contribution in [3.63, 3.8) is 0 Å². The van der Waals surface area contributed by atoms with Crippen molar-refractivity contribution in [3.8, 4) is 17.1 Å². The molecule has 3 aliphatic rings. The minimum atomic E-state index is -5.01. The zero-order valence-electron chi connectivity index (χ0n) is 23.5. The Morgan fingerprint density at radius 3 is 2.70 bits per heavy atom. The van der Waals surface area contributed by atoms with Crippen LogP contribution in [-0.4, -0.2) is 70.5 Å². The molecule has 2 aromatic heterocycles. The van der Waals surface area contributed by atoms with Crippen molar-refractivity contribution in [2.75, 3.05) is 37.9 Å². The molecule has 0 spiro atoms. The Kier molecular flexibility index (Phi) is 7.05. The van der Waals surface area contributed by atoms with Crippen LogP contribution in [-0.2, 0) is 10.9 Å². The van der Waals surface area contributed by atoms with Crippen LogP contribution in [0.2, 0.25) is 0 Å². The van der Waals surface area contributed by atoms with Crippen LogP contribution in [0.15, 0.2) is 18.2 Å². The molecule has 0 amide bonds. The highest BCUT2D eigenvalue weighted by molar-refractivity contribution is 7.22. The third-order valence-electron chi connectivity index (χ3n) is 9.00. The first kappa shape index (κ1) is 29.3. The maximum Gasteiger partial charge on any atom is 0.417 e. The van der Waals surface area contributed by atoms with Crippen molar-refractivity contribution in [1.29, 1.82) is 0 Å². The third kappa shape index (κ3) is 4.88. The zero-order valence-corrected chi connectivity index (χ0v) is 24.3. The number of nitrogen functional groups attached to an aromatic ring is 1. The van der Waals surface area contributed by atoms with Crippen molar-refractivity contribution < 1.29 is 35.8 Å². The van der Waals surface area contributed by atoms with Crippen LogP contribution in [0.5, 0.6) is 6.01 Å². The highest BCUT2D eigenvalue weighted by atomic mass is 32.1. The van der Waals surface area contributed by atoms with Gasteiger partial charge < -0.3 is 20.5 Å².